The molecule has 8 heteroatoms. The number of ether oxygens (including phenoxy) is 1. The number of nitrogens with zero attached hydrogens (tertiary/aromatic N) is 3. The molecule has 1 aromatic heterocycles. The van der Waals surface area contributed by atoms with Gasteiger partial charge >= 0.3 is 5.97 Å². The molecular formula is C12H21N3O4S. The van der Waals surface area contributed by atoms with Crippen LogP contribution in [0.5, 0.6) is 0 Å². The van der Waals surface area contributed by atoms with E-state index in [1.54, 1.807) is 4.57 Å². The fourth-order valence-electron chi connectivity index (χ4n) is 1.58. The van der Waals surface area contributed by atoms with E-state index in [1.165, 1.54) is 0 Å². The smallest absolute Gasteiger partial charge is 0.313 e. The van der Waals surface area contributed by atoms with E-state index in [4.69, 9.17) is 9.84 Å². The van der Waals surface area contributed by atoms with Crippen LogP contribution in [0.2, 0.25) is 0 Å². The molecule has 0 aliphatic rings. The second-order valence-electron chi connectivity index (χ2n) is 4.52. The van der Waals surface area contributed by atoms with Crippen molar-refractivity contribution in [3.63, 3.8) is 0 Å². The van der Waals surface area contributed by atoms with E-state index < -0.39 is 5.97 Å². The van der Waals surface area contributed by atoms with E-state index in [0.717, 1.165) is 24.6 Å². The molecule has 2 N–H and O–H groups in total. The van der Waals surface area contributed by atoms with Crippen LogP contribution in [-0.2, 0) is 22.7 Å². The number of aliphatic hydroxyl groups is 1. The maximum Gasteiger partial charge on any atom is 0.313 e. The number of carboxylic acids is 1. The van der Waals surface area contributed by atoms with Gasteiger partial charge in [0.2, 0.25) is 0 Å². The average molecular weight is 303 g/mol. The number of aromatic nitrogens is 3. The first-order chi connectivity index (χ1) is 9.54. The minimum Gasteiger partial charge on any atom is -0.481 e. The number of hydrogen-bond donors (Lipinski definition) is 2. The van der Waals surface area contributed by atoms with E-state index in [-0.39, 0.29) is 18.5 Å². The van der Waals surface area contributed by atoms with Gasteiger partial charge in [0.15, 0.2) is 11.0 Å². The van der Waals surface area contributed by atoms with Crippen LogP contribution in [0, 0.1) is 0 Å². The summed E-state index contributed by atoms with van der Waals surface area (Å²) >= 11 is 1.11. The number of thioether (sulfide) groups is 1. The molecule has 0 aliphatic carbocycles. The zero-order valence-electron chi connectivity index (χ0n) is 11.8. The number of unbranched alkanes of at least 4 members (excludes halogenated alkanes) is 1. The van der Waals surface area contributed by atoms with Crippen molar-refractivity contribution in [2.45, 2.75) is 51.1 Å². The van der Waals surface area contributed by atoms with Crippen molar-refractivity contribution in [1.82, 2.24) is 14.8 Å². The van der Waals surface area contributed by atoms with E-state index in [9.17, 15) is 9.90 Å². The Kier molecular flexibility index (Phi) is 7.56. The third-order valence-electron chi connectivity index (χ3n) is 2.49. The largest absolute Gasteiger partial charge is 0.481 e. The number of carboxylic acid groups (broad SMARTS) is 1. The van der Waals surface area contributed by atoms with Gasteiger partial charge in [-0.3, -0.25) is 4.79 Å². The number of carbonyl (C=O) groups is 1. The number of aliphatic carboxylic acids is 1. The summed E-state index contributed by atoms with van der Waals surface area (Å²) < 4.78 is 7.22. The average Bonchev–Trinajstić information content (AvgIpc) is 2.77. The zero-order chi connectivity index (χ0) is 15.0. The number of aliphatic hydroxyl groups excluding tert-OH is 1. The Balaban J connectivity index is 2.48. The van der Waals surface area contributed by atoms with Gasteiger partial charge < -0.3 is 19.5 Å². The third-order valence-corrected chi connectivity index (χ3v) is 3.44. The van der Waals surface area contributed by atoms with Crippen LogP contribution in [0.3, 0.4) is 0 Å². The molecule has 0 spiro atoms. The molecular weight excluding hydrogens is 282 g/mol. The molecule has 7 nitrogen and oxygen atoms in total. The van der Waals surface area contributed by atoms with E-state index in [0.29, 0.717) is 24.1 Å². The Hall–Kier alpha value is -1.12. The lowest BCUT2D eigenvalue weighted by atomic mass is 10.3. The fourth-order valence-corrected chi connectivity index (χ4v) is 2.29. The SMILES string of the molecule is CC(C)OCCCCn1c(CO)nnc1SCC(=O)O. The fraction of sp³-hybridized carbons (Fsp3) is 0.750. The van der Waals surface area contributed by atoms with Crippen LogP contribution >= 0.6 is 11.8 Å². The maximum atomic E-state index is 10.6. The quantitative estimate of drug-likeness (QED) is 0.494. The highest BCUT2D eigenvalue weighted by Gasteiger charge is 2.12. The minimum absolute atomic E-state index is 0.0694. The molecule has 0 aliphatic heterocycles. The third kappa shape index (κ3) is 5.89. The minimum atomic E-state index is -0.902. The van der Waals surface area contributed by atoms with Gasteiger partial charge in [-0.15, -0.1) is 10.2 Å². The predicted molar refractivity (Wildman–Crippen MR) is 74.6 cm³/mol. The first kappa shape index (κ1) is 16.9. The topological polar surface area (TPSA) is 97.5 Å². The first-order valence-electron chi connectivity index (χ1n) is 6.53. The molecule has 114 valence electrons. The van der Waals surface area contributed by atoms with E-state index >= 15 is 0 Å². The lowest BCUT2D eigenvalue weighted by Gasteiger charge is -2.10. The Morgan fingerprint density at radius 3 is 2.75 bits per heavy atom. The molecule has 0 saturated carbocycles. The van der Waals surface area contributed by atoms with Gasteiger partial charge in [-0.2, -0.15) is 0 Å². The molecule has 0 unspecified atom stereocenters. The Morgan fingerprint density at radius 2 is 2.15 bits per heavy atom. The Labute approximate surface area is 122 Å². The van der Waals surface area contributed by atoms with Crippen LogP contribution in [-0.4, -0.2) is 49.4 Å². The van der Waals surface area contributed by atoms with Crippen molar-refractivity contribution < 1.29 is 19.7 Å². The molecule has 0 aromatic carbocycles. The van der Waals surface area contributed by atoms with Crippen LogP contribution in [0.4, 0.5) is 0 Å². The van der Waals surface area contributed by atoms with Gasteiger partial charge in [-0.25, -0.2) is 0 Å². The summed E-state index contributed by atoms with van der Waals surface area (Å²) in [7, 11) is 0. The Morgan fingerprint density at radius 1 is 1.40 bits per heavy atom. The molecule has 1 rings (SSSR count). The highest BCUT2D eigenvalue weighted by Crippen LogP contribution is 2.17. The Bertz CT molecular complexity index is 423. The molecule has 0 saturated heterocycles. The second kappa shape index (κ2) is 8.93. The molecule has 0 amide bonds. The molecule has 0 radical (unpaired) electrons. The van der Waals surface area contributed by atoms with Gasteiger partial charge in [0.25, 0.3) is 0 Å². The molecule has 1 heterocycles. The van der Waals surface area contributed by atoms with Crippen molar-refractivity contribution in [2.24, 2.45) is 0 Å². The lowest BCUT2D eigenvalue weighted by molar-refractivity contribution is -0.133. The van der Waals surface area contributed by atoms with Gasteiger partial charge in [-0.1, -0.05) is 11.8 Å². The summed E-state index contributed by atoms with van der Waals surface area (Å²) in [6.07, 6.45) is 1.97. The van der Waals surface area contributed by atoms with Gasteiger partial charge in [0.05, 0.1) is 11.9 Å². The summed E-state index contributed by atoms with van der Waals surface area (Å²) in [5.41, 5.74) is 0. The van der Waals surface area contributed by atoms with Crippen molar-refractivity contribution in [3.05, 3.63) is 5.82 Å². The lowest BCUT2D eigenvalue weighted by Crippen LogP contribution is -2.09. The van der Waals surface area contributed by atoms with Crippen molar-refractivity contribution in [3.8, 4) is 0 Å². The molecule has 20 heavy (non-hydrogen) atoms. The van der Waals surface area contributed by atoms with E-state index in [2.05, 4.69) is 10.2 Å². The van der Waals surface area contributed by atoms with Gasteiger partial charge in [0, 0.05) is 13.2 Å². The highest BCUT2D eigenvalue weighted by molar-refractivity contribution is 7.99. The normalized spacial score (nSPS) is 11.2. The van der Waals surface area contributed by atoms with Crippen molar-refractivity contribution >= 4 is 17.7 Å². The van der Waals surface area contributed by atoms with Crippen molar-refractivity contribution in [2.75, 3.05) is 12.4 Å². The summed E-state index contributed by atoms with van der Waals surface area (Å²) in [6, 6.07) is 0. The standard InChI is InChI=1S/C12H21N3O4S/c1-9(2)19-6-4-3-5-15-10(7-16)13-14-12(15)20-8-11(17)18/h9,16H,3-8H2,1-2H3,(H,17,18). The van der Waals surface area contributed by atoms with Crippen LogP contribution in [0.15, 0.2) is 5.16 Å². The zero-order valence-corrected chi connectivity index (χ0v) is 12.6. The van der Waals surface area contributed by atoms with Crippen molar-refractivity contribution in [1.29, 1.82) is 0 Å². The summed E-state index contributed by atoms with van der Waals surface area (Å²) in [5, 5.41) is 26.2. The predicted octanol–water partition coefficient (Wildman–Crippen LogP) is 1.15. The number of hydrogen-bond acceptors (Lipinski definition) is 6. The summed E-state index contributed by atoms with van der Waals surface area (Å²) in [4.78, 5) is 10.6. The van der Waals surface area contributed by atoms with E-state index in [1.807, 2.05) is 13.8 Å². The molecule has 0 atom stereocenters. The van der Waals surface area contributed by atoms with Crippen LogP contribution in [0.1, 0.15) is 32.5 Å². The second-order valence-corrected chi connectivity index (χ2v) is 5.46. The van der Waals surface area contributed by atoms with Gasteiger partial charge in [-0.05, 0) is 26.7 Å². The van der Waals surface area contributed by atoms with Gasteiger partial charge in [0.1, 0.15) is 6.61 Å². The maximum absolute atomic E-state index is 10.6. The summed E-state index contributed by atoms with van der Waals surface area (Å²) in [5.74, 6) is -0.511. The molecule has 0 fully saturated rings. The molecule has 0 bridgehead atoms. The van der Waals surface area contributed by atoms with Crippen LogP contribution < -0.4 is 0 Å². The molecule has 1 aromatic rings. The van der Waals surface area contributed by atoms with Crippen LogP contribution in [0.25, 0.3) is 0 Å². The highest BCUT2D eigenvalue weighted by atomic mass is 32.2. The summed E-state index contributed by atoms with van der Waals surface area (Å²) in [6.45, 7) is 5.11. The monoisotopic (exact) mass is 303 g/mol. The number of rotatable bonds is 10. The first-order valence-corrected chi connectivity index (χ1v) is 7.52.